The van der Waals surface area contributed by atoms with E-state index < -0.39 is 5.92 Å². The molecule has 0 fully saturated rings. The van der Waals surface area contributed by atoms with Crippen LogP contribution in [0, 0.1) is 0 Å². The molecule has 84 valence electrons. The number of fused-ring (bicyclic) bond motifs is 1. The van der Waals surface area contributed by atoms with Crippen molar-refractivity contribution in [2.24, 2.45) is 0 Å². The van der Waals surface area contributed by atoms with Crippen LogP contribution in [0.3, 0.4) is 0 Å². The van der Waals surface area contributed by atoms with Crippen molar-refractivity contribution >= 4 is 6.08 Å². The molecule has 2 heteroatoms. The summed E-state index contributed by atoms with van der Waals surface area (Å²) in [5, 5.41) is 0. The average Bonchev–Trinajstić information content (AvgIpc) is 2.28. The first-order valence-electron chi connectivity index (χ1n) is 5.45. The minimum Gasteiger partial charge on any atom is -0.197 e. The highest BCUT2D eigenvalue weighted by molar-refractivity contribution is 5.57. The lowest BCUT2D eigenvalue weighted by molar-refractivity contribution is 0.0519. The maximum Gasteiger partial charge on any atom is 0.291 e. The Bertz CT molecular complexity index is 442. The van der Waals surface area contributed by atoms with Crippen molar-refractivity contribution < 1.29 is 8.78 Å². The second kappa shape index (κ2) is 4.20. The molecule has 0 saturated carbocycles. The van der Waals surface area contributed by atoms with Gasteiger partial charge in [-0.3, -0.25) is 0 Å². The topological polar surface area (TPSA) is 0 Å². The van der Waals surface area contributed by atoms with Gasteiger partial charge in [-0.15, -0.1) is 0 Å². The van der Waals surface area contributed by atoms with Gasteiger partial charge in [-0.05, 0) is 43.0 Å². The highest BCUT2D eigenvalue weighted by Crippen LogP contribution is 2.32. The van der Waals surface area contributed by atoms with Gasteiger partial charge in [-0.25, -0.2) is 0 Å². The number of rotatable bonds is 2. The van der Waals surface area contributed by atoms with Crippen molar-refractivity contribution in [2.75, 3.05) is 0 Å². The molecule has 0 unspecified atom stereocenters. The van der Waals surface area contributed by atoms with Crippen molar-refractivity contribution in [1.29, 1.82) is 0 Å². The van der Waals surface area contributed by atoms with E-state index in [0.29, 0.717) is 0 Å². The third kappa shape index (κ3) is 2.06. The minimum absolute atomic E-state index is 0.0830. The molecule has 0 aromatic heterocycles. The van der Waals surface area contributed by atoms with Gasteiger partial charge in [0.25, 0.3) is 5.92 Å². The maximum atomic E-state index is 13.6. The Morgan fingerprint density at radius 2 is 2.12 bits per heavy atom. The van der Waals surface area contributed by atoms with Crippen LogP contribution >= 0.6 is 0 Å². The van der Waals surface area contributed by atoms with Gasteiger partial charge in [0.15, 0.2) is 0 Å². The lowest BCUT2D eigenvalue weighted by atomic mass is 9.93. The fraction of sp³-hybridized carbons (Fsp3) is 0.286. The second-order valence-corrected chi connectivity index (χ2v) is 3.98. The standard InChI is InChI=1S/C14H14F2/c1-2-9-14(15,16)13-8-7-11-5-3-4-6-12(11)10-13/h2-3,5,7-10H,4,6H2,1H3/b9-2+. The van der Waals surface area contributed by atoms with Crippen LogP contribution < -0.4 is 0 Å². The number of allylic oxidation sites excluding steroid dienone is 3. The van der Waals surface area contributed by atoms with E-state index in [1.165, 1.54) is 12.1 Å². The van der Waals surface area contributed by atoms with Gasteiger partial charge in [0.2, 0.25) is 0 Å². The third-order valence-corrected chi connectivity index (χ3v) is 2.78. The summed E-state index contributed by atoms with van der Waals surface area (Å²) in [6.07, 6.45) is 8.19. The zero-order chi connectivity index (χ0) is 11.6. The van der Waals surface area contributed by atoms with Gasteiger partial charge >= 0.3 is 0 Å². The van der Waals surface area contributed by atoms with Crippen LogP contribution in [0.4, 0.5) is 8.78 Å². The molecule has 16 heavy (non-hydrogen) atoms. The number of hydrogen-bond donors (Lipinski definition) is 0. The third-order valence-electron chi connectivity index (χ3n) is 2.78. The molecule has 0 nitrogen and oxygen atoms in total. The van der Waals surface area contributed by atoms with Crippen LogP contribution in [0.1, 0.15) is 30.0 Å². The van der Waals surface area contributed by atoms with Gasteiger partial charge in [0.1, 0.15) is 0 Å². The molecule has 0 radical (unpaired) electrons. The molecule has 0 heterocycles. The molecule has 2 rings (SSSR count). The fourth-order valence-electron chi connectivity index (χ4n) is 1.95. The van der Waals surface area contributed by atoms with E-state index in [1.807, 2.05) is 6.08 Å². The second-order valence-electron chi connectivity index (χ2n) is 3.98. The summed E-state index contributed by atoms with van der Waals surface area (Å²) < 4.78 is 27.2. The van der Waals surface area contributed by atoms with Crippen LogP contribution in [0.2, 0.25) is 0 Å². The molecular formula is C14H14F2. The van der Waals surface area contributed by atoms with Crippen LogP contribution in [0.15, 0.2) is 36.4 Å². The Balaban J connectivity index is 2.41. The first-order valence-corrected chi connectivity index (χ1v) is 5.45. The highest BCUT2D eigenvalue weighted by Gasteiger charge is 2.28. The van der Waals surface area contributed by atoms with Crippen molar-refractivity contribution in [2.45, 2.75) is 25.7 Å². The molecule has 0 bridgehead atoms. The molecule has 0 atom stereocenters. The Kier molecular flexibility index (Phi) is 2.90. The molecule has 1 aliphatic rings. The van der Waals surface area contributed by atoms with Crippen LogP contribution in [-0.2, 0) is 12.3 Å². The highest BCUT2D eigenvalue weighted by atomic mass is 19.3. The van der Waals surface area contributed by atoms with Crippen LogP contribution in [0.5, 0.6) is 0 Å². The van der Waals surface area contributed by atoms with E-state index in [9.17, 15) is 8.78 Å². The van der Waals surface area contributed by atoms with E-state index in [-0.39, 0.29) is 5.56 Å². The van der Waals surface area contributed by atoms with Gasteiger partial charge in [-0.1, -0.05) is 30.4 Å². The zero-order valence-electron chi connectivity index (χ0n) is 9.21. The molecule has 0 amide bonds. The Morgan fingerprint density at radius 1 is 1.31 bits per heavy atom. The number of aryl methyl sites for hydroxylation is 1. The molecular weight excluding hydrogens is 206 g/mol. The first-order chi connectivity index (χ1) is 7.63. The number of benzene rings is 1. The monoisotopic (exact) mass is 220 g/mol. The summed E-state index contributed by atoms with van der Waals surface area (Å²) in [6.45, 7) is 1.61. The maximum absolute atomic E-state index is 13.6. The molecule has 0 aliphatic heterocycles. The SMILES string of the molecule is C/C=C/C(F)(F)c1ccc2c(c1)CCC=C2. The van der Waals surface area contributed by atoms with Gasteiger partial charge in [-0.2, -0.15) is 8.78 Å². The summed E-state index contributed by atoms with van der Waals surface area (Å²) >= 11 is 0. The van der Waals surface area contributed by atoms with E-state index in [4.69, 9.17) is 0 Å². The summed E-state index contributed by atoms with van der Waals surface area (Å²) in [4.78, 5) is 0. The largest absolute Gasteiger partial charge is 0.291 e. The van der Waals surface area contributed by atoms with E-state index >= 15 is 0 Å². The molecule has 0 spiro atoms. The fourth-order valence-corrected chi connectivity index (χ4v) is 1.95. The van der Waals surface area contributed by atoms with E-state index in [2.05, 4.69) is 6.08 Å². The van der Waals surface area contributed by atoms with Crippen LogP contribution in [-0.4, -0.2) is 0 Å². The van der Waals surface area contributed by atoms with Crippen molar-refractivity contribution in [3.63, 3.8) is 0 Å². The Labute approximate surface area is 94.3 Å². The smallest absolute Gasteiger partial charge is 0.197 e. The van der Waals surface area contributed by atoms with Crippen LogP contribution in [0.25, 0.3) is 6.08 Å². The number of halogens is 2. The molecule has 1 aliphatic carbocycles. The number of alkyl halides is 2. The normalized spacial score (nSPS) is 15.4. The van der Waals surface area contributed by atoms with Gasteiger partial charge in [0.05, 0.1) is 0 Å². The van der Waals surface area contributed by atoms with Crippen molar-refractivity contribution in [3.05, 3.63) is 53.1 Å². The average molecular weight is 220 g/mol. The molecule has 1 aromatic carbocycles. The van der Waals surface area contributed by atoms with Gasteiger partial charge < -0.3 is 0 Å². The first kappa shape index (κ1) is 11.1. The summed E-state index contributed by atoms with van der Waals surface area (Å²) in [7, 11) is 0. The van der Waals surface area contributed by atoms with E-state index in [0.717, 1.165) is 30.0 Å². The molecule has 0 saturated heterocycles. The number of hydrogen-bond acceptors (Lipinski definition) is 0. The summed E-state index contributed by atoms with van der Waals surface area (Å²) in [6, 6.07) is 4.91. The summed E-state index contributed by atoms with van der Waals surface area (Å²) in [5.74, 6) is -2.86. The van der Waals surface area contributed by atoms with Gasteiger partial charge in [0, 0.05) is 5.56 Å². The zero-order valence-corrected chi connectivity index (χ0v) is 9.21. The molecule has 1 aromatic rings. The van der Waals surface area contributed by atoms with E-state index in [1.54, 1.807) is 19.1 Å². The summed E-state index contributed by atoms with van der Waals surface area (Å²) in [5.41, 5.74) is 2.16. The Hall–Kier alpha value is -1.44. The quantitative estimate of drug-likeness (QED) is 0.651. The lowest BCUT2D eigenvalue weighted by Crippen LogP contribution is -2.10. The predicted octanol–water partition coefficient (Wildman–Crippen LogP) is 4.31. The predicted molar refractivity (Wildman–Crippen MR) is 62.5 cm³/mol. The Morgan fingerprint density at radius 3 is 2.88 bits per heavy atom. The molecule has 0 N–H and O–H groups in total. The van der Waals surface area contributed by atoms with Crippen molar-refractivity contribution in [1.82, 2.24) is 0 Å². The minimum atomic E-state index is -2.86. The van der Waals surface area contributed by atoms with Crippen molar-refractivity contribution in [3.8, 4) is 0 Å². The lowest BCUT2D eigenvalue weighted by Gasteiger charge is -2.16.